The zero-order valence-electron chi connectivity index (χ0n) is 12.4. The molecule has 1 aromatic carbocycles. The lowest BCUT2D eigenvalue weighted by molar-refractivity contribution is -0.124. The standard InChI is InChI=1S/C17H18N2O3/c1-18-16(20)15-6-3-8-19(15)17(21)13-5-2-4-12(10-13)14-7-9-22-11-14/h2,4-5,7,9-11,15H,3,6,8H2,1H3,(H,18,20). The van der Waals surface area contributed by atoms with Gasteiger partial charge in [0.05, 0.1) is 12.5 Å². The number of likely N-dealkylation sites (tertiary alicyclic amines) is 1. The molecule has 1 unspecified atom stereocenters. The third-order valence-corrected chi connectivity index (χ3v) is 4.03. The molecule has 5 nitrogen and oxygen atoms in total. The van der Waals surface area contributed by atoms with Gasteiger partial charge in [0, 0.05) is 24.7 Å². The second kappa shape index (κ2) is 6.05. The molecule has 0 spiro atoms. The molecule has 3 rings (SSSR count). The summed E-state index contributed by atoms with van der Waals surface area (Å²) in [6.07, 6.45) is 4.82. The van der Waals surface area contributed by atoms with Crippen LogP contribution in [0.3, 0.4) is 0 Å². The Morgan fingerprint density at radius 1 is 1.27 bits per heavy atom. The van der Waals surface area contributed by atoms with Gasteiger partial charge in [-0.15, -0.1) is 0 Å². The minimum atomic E-state index is -0.366. The van der Waals surface area contributed by atoms with Crippen molar-refractivity contribution in [2.75, 3.05) is 13.6 Å². The average molecular weight is 298 g/mol. The zero-order valence-corrected chi connectivity index (χ0v) is 12.4. The van der Waals surface area contributed by atoms with Crippen LogP contribution in [0.2, 0.25) is 0 Å². The number of likely N-dealkylation sites (N-methyl/N-ethyl adjacent to an activating group) is 1. The van der Waals surface area contributed by atoms with E-state index in [9.17, 15) is 9.59 Å². The number of benzene rings is 1. The SMILES string of the molecule is CNC(=O)C1CCCN1C(=O)c1cccc(-c2ccoc2)c1. The summed E-state index contributed by atoms with van der Waals surface area (Å²) in [7, 11) is 1.60. The third-order valence-electron chi connectivity index (χ3n) is 4.03. The molecule has 1 fully saturated rings. The summed E-state index contributed by atoms with van der Waals surface area (Å²) in [4.78, 5) is 26.3. The number of nitrogens with zero attached hydrogens (tertiary/aromatic N) is 1. The van der Waals surface area contributed by atoms with Crippen molar-refractivity contribution in [3.8, 4) is 11.1 Å². The van der Waals surface area contributed by atoms with Crippen molar-refractivity contribution >= 4 is 11.8 Å². The molecule has 22 heavy (non-hydrogen) atoms. The summed E-state index contributed by atoms with van der Waals surface area (Å²) in [6, 6.07) is 8.89. The van der Waals surface area contributed by atoms with Crippen LogP contribution in [-0.2, 0) is 4.79 Å². The third kappa shape index (κ3) is 2.62. The summed E-state index contributed by atoms with van der Waals surface area (Å²) in [5.41, 5.74) is 2.45. The van der Waals surface area contributed by atoms with E-state index >= 15 is 0 Å². The number of amides is 2. The van der Waals surface area contributed by atoms with Crippen LogP contribution in [0.25, 0.3) is 11.1 Å². The first-order valence-corrected chi connectivity index (χ1v) is 7.36. The van der Waals surface area contributed by atoms with Crippen LogP contribution in [0.1, 0.15) is 23.2 Å². The van der Waals surface area contributed by atoms with Crippen molar-refractivity contribution in [1.29, 1.82) is 0 Å². The van der Waals surface area contributed by atoms with Gasteiger partial charge >= 0.3 is 0 Å². The monoisotopic (exact) mass is 298 g/mol. The Hall–Kier alpha value is -2.56. The van der Waals surface area contributed by atoms with Crippen molar-refractivity contribution in [3.63, 3.8) is 0 Å². The second-order valence-electron chi connectivity index (χ2n) is 5.36. The molecule has 114 valence electrons. The van der Waals surface area contributed by atoms with E-state index in [1.54, 1.807) is 30.5 Å². The molecule has 0 radical (unpaired) electrons. The van der Waals surface area contributed by atoms with E-state index in [1.165, 1.54) is 0 Å². The molecule has 1 saturated heterocycles. The first-order chi connectivity index (χ1) is 10.7. The number of hydrogen-bond donors (Lipinski definition) is 1. The summed E-state index contributed by atoms with van der Waals surface area (Å²) in [5, 5.41) is 2.63. The molecule has 1 N–H and O–H groups in total. The Balaban J connectivity index is 1.86. The smallest absolute Gasteiger partial charge is 0.254 e. The molecular weight excluding hydrogens is 280 g/mol. The van der Waals surface area contributed by atoms with Gasteiger partial charge in [-0.2, -0.15) is 0 Å². The topological polar surface area (TPSA) is 62.6 Å². The molecule has 0 saturated carbocycles. The molecule has 2 heterocycles. The number of carbonyl (C=O) groups excluding carboxylic acids is 2. The number of rotatable bonds is 3. The van der Waals surface area contributed by atoms with Gasteiger partial charge in [0.1, 0.15) is 6.04 Å². The Bertz CT molecular complexity index is 679. The van der Waals surface area contributed by atoms with Crippen molar-refractivity contribution in [3.05, 3.63) is 48.4 Å². The first kappa shape index (κ1) is 14.4. The summed E-state index contributed by atoms with van der Waals surface area (Å²) in [6.45, 7) is 0.618. The van der Waals surface area contributed by atoms with Crippen molar-refractivity contribution in [2.45, 2.75) is 18.9 Å². The van der Waals surface area contributed by atoms with E-state index in [0.717, 1.165) is 17.5 Å². The number of nitrogens with one attached hydrogen (secondary N) is 1. The van der Waals surface area contributed by atoms with Gasteiger partial charge in [-0.05, 0) is 36.6 Å². The fraction of sp³-hybridized carbons (Fsp3) is 0.294. The predicted octanol–water partition coefficient (Wildman–Crippen LogP) is 2.30. The van der Waals surface area contributed by atoms with Crippen molar-refractivity contribution < 1.29 is 14.0 Å². The van der Waals surface area contributed by atoms with Crippen molar-refractivity contribution in [1.82, 2.24) is 10.2 Å². The van der Waals surface area contributed by atoms with Crippen LogP contribution in [0.15, 0.2) is 47.3 Å². The Morgan fingerprint density at radius 2 is 2.14 bits per heavy atom. The molecule has 1 atom stereocenters. The van der Waals surface area contributed by atoms with Crippen LogP contribution < -0.4 is 5.32 Å². The van der Waals surface area contributed by atoms with Gasteiger partial charge in [0.2, 0.25) is 5.91 Å². The van der Waals surface area contributed by atoms with Gasteiger partial charge < -0.3 is 14.6 Å². The van der Waals surface area contributed by atoms with Crippen LogP contribution in [0.4, 0.5) is 0 Å². The maximum atomic E-state index is 12.7. The lowest BCUT2D eigenvalue weighted by Crippen LogP contribution is -2.44. The zero-order chi connectivity index (χ0) is 15.5. The highest BCUT2D eigenvalue weighted by molar-refractivity contribution is 5.98. The van der Waals surface area contributed by atoms with Gasteiger partial charge in [0.25, 0.3) is 5.91 Å². The van der Waals surface area contributed by atoms with Gasteiger partial charge in [-0.25, -0.2) is 0 Å². The van der Waals surface area contributed by atoms with Crippen molar-refractivity contribution in [2.24, 2.45) is 0 Å². The van der Waals surface area contributed by atoms with E-state index in [0.29, 0.717) is 18.5 Å². The minimum absolute atomic E-state index is 0.100. The molecule has 5 heteroatoms. The van der Waals surface area contributed by atoms with E-state index in [-0.39, 0.29) is 17.9 Å². The number of carbonyl (C=O) groups is 2. The van der Waals surface area contributed by atoms with E-state index in [4.69, 9.17) is 4.42 Å². The summed E-state index contributed by atoms with van der Waals surface area (Å²) in [5.74, 6) is -0.201. The molecule has 2 aromatic rings. The molecule has 0 aliphatic carbocycles. The highest BCUT2D eigenvalue weighted by Crippen LogP contribution is 2.24. The lowest BCUT2D eigenvalue weighted by Gasteiger charge is -2.23. The maximum absolute atomic E-state index is 12.7. The predicted molar refractivity (Wildman–Crippen MR) is 82.3 cm³/mol. The normalized spacial score (nSPS) is 17.5. The Morgan fingerprint density at radius 3 is 2.86 bits per heavy atom. The maximum Gasteiger partial charge on any atom is 0.254 e. The van der Waals surface area contributed by atoms with Gasteiger partial charge in [-0.3, -0.25) is 9.59 Å². The van der Waals surface area contributed by atoms with E-state index in [1.807, 2.05) is 24.3 Å². The molecule has 0 bridgehead atoms. The number of hydrogen-bond acceptors (Lipinski definition) is 3. The molecule has 2 amide bonds. The van der Waals surface area contributed by atoms with E-state index < -0.39 is 0 Å². The molecule has 1 aliphatic rings. The Kier molecular flexibility index (Phi) is 3.96. The number of furan rings is 1. The van der Waals surface area contributed by atoms with Gasteiger partial charge in [-0.1, -0.05) is 12.1 Å². The highest BCUT2D eigenvalue weighted by atomic mass is 16.3. The minimum Gasteiger partial charge on any atom is -0.472 e. The largest absolute Gasteiger partial charge is 0.472 e. The first-order valence-electron chi connectivity index (χ1n) is 7.36. The average Bonchev–Trinajstić information content (AvgIpc) is 3.24. The van der Waals surface area contributed by atoms with Gasteiger partial charge in [0.15, 0.2) is 0 Å². The highest BCUT2D eigenvalue weighted by Gasteiger charge is 2.33. The van der Waals surface area contributed by atoms with Crippen LogP contribution in [-0.4, -0.2) is 36.3 Å². The van der Waals surface area contributed by atoms with Crippen LogP contribution in [0.5, 0.6) is 0 Å². The molecular formula is C17H18N2O3. The van der Waals surface area contributed by atoms with Crippen LogP contribution >= 0.6 is 0 Å². The fourth-order valence-corrected chi connectivity index (χ4v) is 2.88. The molecule has 1 aliphatic heterocycles. The second-order valence-corrected chi connectivity index (χ2v) is 5.36. The van der Waals surface area contributed by atoms with E-state index in [2.05, 4.69) is 5.32 Å². The quantitative estimate of drug-likeness (QED) is 0.945. The lowest BCUT2D eigenvalue weighted by atomic mass is 10.0. The Labute approximate surface area is 128 Å². The summed E-state index contributed by atoms with van der Waals surface area (Å²) >= 11 is 0. The van der Waals surface area contributed by atoms with Crippen LogP contribution in [0, 0.1) is 0 Å². The molecule has 1 aromatic heterocycles. The fourth-order valence-electron chi connectivity index (χ4n) is 2.88. The summed E-state index contributed by atoms with van der Waals surface area (Å²) < 4.78 is 5.08.